The molecule has 5 heteroatoms. The lowest BCUT2D eigenvalue weighted by atomic mass is 10.0. The van der Waals surface area contributed by atoms with Crippen LogP contribution in [0, 0.1) is 5.92 Å². The lowest BCUT2D eigenvalue weighted by molar-refractivity contribution is 0.0124. The van der Waals surface area contributed by atoms with Crippen LogP contribution in [0.5, 0.6) is 5.75 Å². The number of hydrogen-bond donors (Lipinski definition) is 1. The predicted molar refractivity (Wildman–Crippen MR) is 107 cm³/mol. The summed E-state index contributed by atoms with van der Waals surface area (Å²) in [5.41, 5.74) is 0.694. The molecule has 1 unspecified atom stereocenters. The molecule has 5 nitrogen and oxygen atoms in total. The van der Waals surface area contributed by atoms with Crippen LogP contribution < -0.4 is 10.1 Å². The summed E-state index contributed by atoms with van der Waals surface area (Å²) < 4.78 is 11.4. The van der Waals surface area contributed by atoms with E-state index < -0.39 is 0 Å². The number of morpholine rings is 1. The number of hydrogen-bond acceptors (Lipinski definition) is 4. The van der Waals surface area contributed by atoms with Gasteiger partial charge in [0.2, 0.25) is 0 Å². The molecular formula is C22H34N2O3. The molecule has 1 saturated carbocycles. The number of nitrogens with one attached hydrogen (secondary N) is 1. The monoisotopic (exact) mass is 374 g/mol. The van der Waals surface area contributed by atoms with Crippen LogP contribution in [-0.2, 0) is 4.74 Å². The van der Waals surface area contributed by atoms with Crippen molar-refractivity contribution in [2.45, 2.75) is 58.1 Å². The van der Waals surface area contributed by atoms with E-state index in [1.807, 2.05) is 24.3 Å². The molecule has 2 fully saturated rings. The normalized spacial score (nSPS) is 20.0. The second-order valence-electron chi connectivity index (χ2n) is 8.19. The van der Waals surface area contributed by atoms with Gasteiger partial charge in [-0.1, -0.05) is 13.8 Å². The summed E-state index contributed by atoms with van der Waals surface area (Å²) in [6, 6.07) is 7.93. The molecule has 0 radical (unpaired) electrons. The second-order valence-corrected chi connectivity index (χ2v) is 8.19. The fraction of sp³-hybridized carbons (Fsp3) is 0.682. The maximum absolute atomic E-state index is 12.6. The van der Waals surface area contributed by atoms with E-state index >= 15 is 0 Å². The first kappa shape index (κ1) is 20.2. The standard InChI is InChI=1S/C22H34N2O3/c1-17(2)15-19(24-11-13-26-14-12-24)16-23-22(25)18-7-9-21(10-8-18)27-20-5-3-4-6-20/h7-10,17,19-20H,3-6,11-16H2,1-2H3,(H,23,25). The molecular weight excluding hydrogens is 340 g/mol. The van der Waals surface area contributed by atoms with Gasteiger partial charge in [-0.15, -0.1) is 0 Å². The Balaban J connectivity index is 1.51. The Morgan fingerprint density at radius 2 is 1.85 bits per heavy atom. The van der Waals surface area contributed by atoms with Gasteiger partial charge >= 0.3 is 0 Å². The first-order chi connectivity index (χ1) is 13.1. The third-order valence-corrected chi connectivity index (χ3v) is 5.53. The number of rotatable bonds is 8. The average molecular weight is 375 g/mol. The minimum absolute atomic E-state index is 0.00979. The van der Waals surface area contributed by atoms with Gasteiger partial charge in [0.1, 0.15) is 5.75 Å². The largest absolute Gasteiger partial charge is 0.490 e. The quantitative estimate of drug-likeness (QED) is 0.757. The van der Waals surface area contributed by atoms with E-state index in [1.54, 1.807) is 0 Å². The van der Waals surface area contributed by atoms with Crippen molar-refractivity contribution < 1.29 is 14.3 Å². The number of amides is 1. The van der Waals surface area contributed by atoms with Crippen LogP contribution in [0.3, 0.4) is 0 Å². The maximum atomic E-state index is 12.6. The van der Waals surface area contributed by atoms with Gasteiger partial charge in [0.25, 0.3) is 5.91 Å². The van der Waals surface area contributed by atoms with Crippen LogP contribution in [0.1, 0.15) is 56.3 Å². The highest BCUT2D eigenvalue weighted by atomic mass is 16.5. The average Bonchev–Trinajstić information content (AvgIpc) is 3.19. The summed E-state index contributed by atoms with van der Waals surface area (Å²) in [6.07, 6.45) is 6.21. The van der Waals surface area contributed by atoms with Gasteiger partial charge in [-0.3, -0.25) is 9.69 Å². The number of ether oxygens (including phenoxy) is 2. The van der Waals surface area contributed by atoms with Gasteiger partial charge in [-0.25, -0.2) is 0 Å². The first-order valence-electron chi connectivity index (χ1n) is 10.5. The molecule has 0 bridgehead atoms. The van der Waals surface area contributed by atoms with Crippen LogP contribution in [0.15, 0.2) is 24.3 Å². The summed E-state index contributed by atoms with van der Waals surface area (Å²) in [7, 11) is 0. The molecule has 1 N–H and O–H groups in total. The number of nitrogens with zero attached hydrogens (tertiary/aromatic N) is 1. The van der Waals surface area contributed by atoms with E-state index in [4.69, 9.17) is 9.47 Å². The highest BCUT2D eigenvalue weighted by Gasteiger charge is 2.22. The molecule has 0 spiro atoms. The Morgan fingerprint density at radius 3 is 2.48 bits per heavy atom. The van der Waals surface area contributed by atoms with Crippen molar-refractivity contribution in [1.82, 2.24) is 10.2 Å². The van der Waals surface area contributed by atoms with Crippen molar-refractivity contribution in [2.24, 2.45) is 5.92 Å². The molecule has 27 heavy (non-hydrogen) atoms. The lowest BCUT2D eigenvalue weighted by Gasteiger charge is -2.35. The zero-order valence-electron chi connectivity index (χ0n) is 16.8. The van der Waals surface area contributed by atoms with Crippen LogP contribution in [-0.4, -0.2) is 55.8 Å². The Morgan fingerprint density at radius 1 is 1.19 bits per heavy atom. The van der Waals surface area contributed by atoms with E-state index in [0.717, 1.165) is 51.3 Å². The third-order valence-electron chi connectivity index (χ3n) is 5.53. The molecule has 0 aromatic heterocycles. The maximum Gasteiger partial charge on any atom is 0.251 e. The van der Waals surface area contributed by atoms with E-state index in [-0.39, 0.29) is 5.91 Å². The molecule has 1 atom stereocenters. The van der Waals surface area contributed by atoms with E-state index in [9.17, 15) is 4.79 Å². The minimum atomic E-state index is -0.00979. The number of carbonyl (C=O) groups is 1. The molecule has 2 aliphatic rings. The SMILES string of the molecule is CC(C)CC(CNC(=O)c1ccc(OC2CCCC2)cc1)N1CCOCC1. The van der Waals surface area contributed by atoms with Crippen molar-refractivity contribution in [3.63, 3.8) is 0 Å². The van der Waals surface area contributed by atoms with Crippen LogP contribution in [0.25, 0.3) is 0 Å². The molecule has 150 valence electrons. The van der Waals surface area contributed by atoms with Crippen molar-refractivity contribution in [3.8, 4) is 5.75 Å². The zero-order chi connectivity index (χ0) is 19.1. The Kier molecular flexibility index (Phi) is 7.53. The van der Waals surface area contributed by atoms with Gasteiger partial charge < -0.3 is 14.8 Å². The molecule has 1 saturated heterocycles. The lowest BCUT2D eigenvalue weighted by Crippen LogP contribution is -2.49. The van der Waals surface area contributed by atoms with Crippen molar-refractivity contribution in [1.29, 1.82) is 0 Å². The van der Waals surface area contributed by atoms with Crippen molar-refractivity contribution in [2.75, 3.05) is 32.8 Å². The van der Waals surface area contributed by atoms with Crippen LogP contribution in [0.2, 0.25) is 0 Å². The van der Waals surface area contributed by atoms with E-state index in [1.165, 1.54) is 12.8 Å². The molecule has 1 aliphatic carbocycles. The molecule has 3 rings (SSSR count). The summed E-state index contributed by atoms with van der Waals surface area (Å²) in [4.78, 5) is 15.0. The Labute approximate surface area is 163 Å². The van der Waals surface area contributed by atoms with Crippen LogP contribution >= 0.6 is 0 Å². The molecule has 1 heterocycles. The van der Waals surface area contributed by atoms with E-state index in [0.29, 0.717) is 30.2 Å². The van der Waals surface area contributed by atoms with Crippen molar-refractivity contribution >= 4 is 5.91 Å². The smallest absolute Gasteiger partial charge is 0.251 e. The van der Waals surface area contributed by atoms with Gasteiger partial charge in [0.05, 0.1) is 19.3 Å². The summed E-state index contributed by atoms with van der Waals surface area (Å²) in [5.74, 6) is 1.45. The third kappa shape index (κ3) is 6.22. The summed E-state index contributed by atoms with van der Waals surface area (Å²) in [5, 5.41) is 3.13. The highest BCUT2D eigenvalue weighted by molar-refractivity contribution is 5.94. The fourth-order valence-electron chi connectivity index (χ4n) is 4.04. The Hall–Kier alpha value is -1.59. The summed E-state index contributed by atoms with van der Waals surface area (Å²) in [6.45, 7) is 8.60. The van der Waals surface area contributed by atoms with E-state index in [2.05, 4.69) is 24.1 Å². The molecule has 1 aromatic rings. The topological polar surface area (TPSA) is 50.8 Å². The zero-order valence-corrected chi connectivity index (χ0v) is 16.8. The van der Waals surface area contributed by atoms with Gasteiger partial charge in [-0.05, 0) is 62.3 Å². The summed E-state index contributed by atoms with van der Waals surface area (Å²) >= 11 is 0. The number of carbonyl (C=O) groups excluding carboxylic acids is 1. The van der Waals surface area contributed by atoms with Gasteiger partial charge in [-0.2, -0.15) is 0 Å². The molecule has 1 aliphatic heterocycles. The van der Waals surface area contributed by atoms with Gasteiger partial charge in [0, 0.05) is 31.2 Å². The first-order valence-corrected chi connectivity index (χ1v) is 10.5. The predicted octanol–water partition coefficient (Wildman–Crippen LogP) is 3.48. The molecule has 1 aromatic carbocycles. The van der Waals surface area contributed by atoms with Crippen LogP contribution in [0.4, 0.5) is 0 Å². The Bertz CT molecular complexity index is 576. The highest BCUT2D eigenvalue weighted by Crippen LogP contribution is 2.24. The number of benzene rings is 1. The van der Waals surface area contributed by atoms with Crippen molar-refractivity contribution in [3.05, 3.63) is 29.8 Å². The molecule has 1 amide bonds. The minimum Gasteiger partial charge on any atom is -0.490 e. The second kappa shape index (κ2) is 10.1. The van der Waals surface area contributed by atoms with Gasteiger partial charge in [0.15, 0.2) is 0 Å². The fourth-order valence-corrected chi connectivity index (χ4v) is 4.04.